The average Bonchev–Trinajstić information content (AvgIpc) is 3.29. The van der Waals surface area contributed by atoms with Crippen LogP contribution in [0, 0.1) is 5.92 Å². The molecule has 0 fully saturated rings. The summed E-state index contributed by atoms with van der Waals surface area (Å²) in [5.74, 6) is -3.93. The summed E-state index contributed by atoms with van der Waals surface area (Å²) in [6, 6.07) is 2.59. The molecule has 0 aliphatic carbocycles. The Hall–Kier alpha value is -4.17. The zero-order chi connectivity index (χ0) is 30.0. The lowest BCUT2D eigenvalue weighted by atomic mass is 10.0. The minimum Gasteiger partial charge on any atom is -0.480 e. The first-order valence-corrected chi connectivity index (χ1v) is 13.0. The summed E-state index contributed by atoms with van der Waals surface area (Å²) in [6.45, 7) is 4.82. The van der Waals surface area contributed by atoms with E-state index in [4.69, 9.17) is 17.2 Å². The van der Waals surface area contributed by atoms with Crippen LogP contribution in [0.5, 0.6) is 0 Å². The number of carbonyl (C=O) groups excluding carboxylic acids is 3. The fraction of sp³-hybridized carbons (Fsp3) is 0.500. The van der Waals surface area contributed by atoms with E-state index in [1.807, 2.05) is 24.3 Å². The molecular formula is C26H40N8O6. The largest absolute Gasteiger partial charge is 0.480 e. The van der Waals surface area contributed by atoms with Crippen LogP contribution in [0.3, 0.4) is 0 Å². The molecule has 1 aromatic heterocycles. The number of aliphatic carboxylic acids is 1. The molecule has 0 aliphatic rings. The van der Waals surface area contributed by atoms with Crippen molar-refractivity contribution in [3.63, 3.8) is 0 Å². The Balaban J connectivity index is 2.34. The molecule has 0 aliphatic heterocycles. The van der Waals surface area contributed by atoms with Crippen LogP contribution in [0.4, 0.5) is 0 Å². The number of carboxylic acid groups (broad SMARTS) is 1. The molecule has 40 heavy (non-hydrogen) atoms. The highest BCUT2D eigenvalue weighted by Gasteiger charge is 2.32. The van der Waals surface area contributed by atoms with E-state index in [9.17, 15) is 29.4 Å². The first kappa shape index (κ1) is 32.0. The van der Waals surface area contributed by atoms with Crippen LogP contribution in [-0.4, -0.2) is 81.7 Å². The Morgan fingerprint density at radius 1 is 0.975 bits per heavy atom. The average molecular weight is 561 g/mol. The molecule has 0 saturated carbocycles. The number of benzene rings is 1. The molecule has 14 heteroatoms. The topological polar surface area (TPSA) is 251 Å². The van der Waals surface area contributed by atoms with Gasteiger partial charge in [-0.1, -0.05) is 32.0 Å². The third kappa shape index (κ3) is 9.24. The van der Waals surface area contributed by atoms with E-state index in [1.165, 1.54) is 6.92 Å². The molecule has 14 nitrogen and oxygen atoms in total. The van der Waals surface area contributed by atoms with Crippen molar-refractivity contribution in [1.29, 1.82) is 0 Å². The Labute approximate surface area is 232 Å². The van der Waals surface area contributed by atoms with Gasteiger partial charge >= 0.3 is 5.97 Å². The zero-order valence-corrected chi connectivity index (χ0v) is 22.9. The highest BCUT2D eigenvalue weighted by molar-refractivity contribution is 5.95. The van der Waals surface area contributed by atoms with E-state index in [-0.39, 0.29) is 25.3 Å². The number of nitrogens with two attached hydrogens (primary N) is 3. The van der Waals surface area contributed by atoms with Crippen molar-refractivity contribution in [3.8, 4) is 0 Å². The number of nitrogens with zero attached hydrogens (tertiary/aromatic N) is 1. The lowest BCUT2D eigenvalue weighted by Gasteiger charge is -2.26. The number of aliphatic imine (C=N–C) groups is 1. The number of rotatable bonds is 15. The summed E-state index contributed by atoms with van der Waals surface area (Å²) in [4.78, 5) is 58.1. The van der Waals surface area contributed by atoms with E-state index in [0.29, 0.717) is 6.42 Å². The Morgan fingerprint density at radius 2 is 1.60 bits per heavy atom. The van der Waals surface area contributed by atoms with Crippen molar-refractivity contribution in [2.24, 2.45) is 28.1 Å². The number of aliphatic hydroxyl groups excluding tert-OH is 1. The Kier molecular flexibility index (Phi) is 11.9. The molecule has 3 amide bonds. The number of amides is 3. The molecule has 1 aromatic carbocycles. The standard InChI is InChI=1S/C26H40N8O6/c1-13(2)21(25(39)40)34-23(37)19(11-15-12-31-17-8-5-4-7-16(15)17)33-22(36)18(9-6-10-30-26(28)29)32-24(38)20(27)14(3)35/h4-5,7-8,12-14,18-21,31,35H,6,9-11,27H2,1-3H3,(H,32,38)(H,33,36)(H,34,37)(H,39,40)(H4,28,29,30). The van der Waals surface area contributed by atoms with Gasteiger partial charge in [0.05, 0.1) is 6.10 Å². The van der Waals surface area contributed by atoms with E-state index in [2.05, 4.69) is 25.9 Å². The number of carbonyl (C=O) groups is 4. The molecule has 0 radical (unpaired) electrons. The fourth-order valence-electron chi connectivity index (χ4n) is 4.03. The van der Waals surface area contributed by atoms with Gasteiger partial charge < -0.3 is 48.3 Å². The van der Waals surface area contributed by atoms with Crippen LogP contribution in [0.25, 0.3) is 10.9 Å². The van der Waals surface area contributed by atoms with Gasteiger partial charge in [-0.3, -0.25) is 19.4 Å². The molecule has 1 heterocycles. The van der Waals surface area contributed by atoms with Gasteiger partial charge in [0.2, 0.25) is 17.7 Å². The van der Waals surface area contributed by atoms with Gasteiger partial charge in [-0.2, -0.15) is 0 Å². The summed E-state index contributed by atoms with van der Waals surface area (Å²) >= 11 is 0. The van der Waals surface area contributed by atoms with Crippen LogP contribution in [0.15, 0.2) is 35.5 Å². The maximum absolute atomic E-state index is 13.4. The number of aliphatic hydroxyl groups is 1. The molecule has 2 rings (SSSR count). The van der Waals surface area contributed by atoms with Crippen molar-refractivity contribution in [2.45, 2.75) is 70.3 Å². The van der Waals surface area contributed by atoms with E-state index in [1.54, 1.807) is 20.0 Å². The molecule has 2 aromatic rings. The highest BCUT2D eigenvalue weighted by atomic mass is 16.4. The van der Waals surface area contributed by atoms with Gasteiger partial charge in [0, 0.05) is 30.1 Å². The molecule has 0 bridgehead atoms. The second-order valence-corrected chi connectivity index (χ2v) is 9.97. The van der Waals surface area contributed by atoms with Crippen molar-refractivity contribution >= 4 is 40.6 Å². The molecule has 5 atom stereocenters. The van der Waals surface area contributed by atoms with Gasteiger partial charge in [0.25, 0.3) is 0 Å². The molecule has 12 N–H and O–H groups in total. The van der Waals surface area contributed by atoms with E-state index in [0.717, 1.165) is 16.5 Å². The maximum Gasteiger partial charge on any atom is 0.326 e. The number of aromatic amines is 1. The van der Waals surface area contributed by atoms with Crippen LogP contribution in [0.1, 0.15) is 39.2 Å². The summed E-state index contributed by atoms with van der Waals surface area (Å²) in [6.07, 6.45) is 0.966. The number of fused-ring (bicyclic) bond motifs is 1. The maximum atomic E-state index is 13.4. The van der Waals surface area contributed by atoms with Gasteiger partial charge in [-0.05, 0) is 37.3 Å². The molecule has 0 spiro atoms. The lowest BCUT2D eigenvalue weighted by Crippen LogP contribution is -2.59. The summed E-state index contributed by atoms with van der Waals surface area (Å²) in [7, 11) is 0. The molecule has 0 saturated heterocycles. The monoisotopic (exact) mass is 560 g/mol. The summed E-state index contributed by atoms with van der Waals surface area (Å²) < 4.78 is 0. The Morgan fingerprint density at radius 3 is 2.20 bits per heavy atom. The number of carboxylic acids is 1. The second-order valence-electron chi connectivity index (χ2n) is 9.97. The predicted octanol–water partition coefficient (Wildman–Crippen LogP) is -1.33. The quantitative estimate of drug-likeness (QED) is 0.0709. The van der Waals surface area contributed by atoms with Crippen molar-refractivity contribution in [2.75, 3.05) is 6.54 Å². The van der Waals surface area contributed by atoms with Crippen LogP contribution in [0.2, 0.25) is 0 Å². The van der Waals surface area contributed by atoms with Gasteiger partial charge in [-0.15, -0.1) is 0 Å². The smallest absolute Gasteiger partial charge is 0.326 e. The minimum absolute atomic E-state index is 0.0356. The number of hydrogen-bond acceptors (Lipinski definition) is 7. The number of nitrogens with one attached hydrogen (secondary N) is 4. The number of H-pyrrole nitrogens is 1. The van der Waals surface area contributed by atoms with Crippen molar-refractivity contribution in [3.05, 3.63) is 36.0 Å². The zero-order valence-electron chi connectivity index (χ0n) is 22.9. The third-order valence-corrected chi connectivity index (χ3v) is 6.36. The first-order chi connectivity index (χ1) is 18.8. The first-order valence-electron chi connectivity index (χ1n) is 13.0. The van der Waals surface area contributed by atoms with Gasteiger partial charge in [0.15, 0.2) is 5.96 Å². The minimum atomic E-state index is -1.29. The van der Waals surface area contributed by atoms with Crippen LogP contribution in [-0.2, 0) is 25.6 Å². The Bertz CT molecular complexity index is 1210. The number of para-hydroxylation sites is 1. The third-order valence-electron chi connectivity index (χ3n) is 6.36. The predicted molar refractivity (Wildman–Crippen MR) is 150 cm³/mol. The number of hydrogen-bond donors (Lipinski definition) is 9. The fourth-order valence-corrected chi connectivity index (χ4v) is 4.03. The van der Waals surface area contributed by atoms with Crippen LogP contribution < -0.4 is 33.2 Å². The van der Waals surface area contributed by atoms with E-state index < -0.39 is 59.9 Å². The summed E-state index contributed by atoms with van der Waals surface area (Å²) in [5, 5.41) is 27.8. The van der Waals surface area contributed by atoms with Gasteiger partial charge in [0.1, 0.15) is 24.2 Å². The van der Waals surface area contributed by atoms with Crippen LogP contribution >= 0.6 is 0 Å². The number of guanidine groups is 1. The molecule has 220 valence electrons. The highest BCUT2D eigenvalue weighted by Crippen LogP contribution is 2.19. The molecule has 5 unspecified atom stereocenters. The second kappa shape index (κ2) is 14.8. The lowest BCUT2D eigenvalue weighted by molar-refractivity contribution is -0.143. The summed E-state index contributed by atoms with van der Waals surface area (Å²) in [5.41, 5.74) is 18.0. The van der Waals surface area contributed by atoms with Crippen molar-refractivity contribution in [1.82, 2.24) is 20.9 Å². The van der Waals surface area contributed by atoms with Gasteiger partial charge in [-0.25, -0.2) is 4.79 Å². The SMILES string of the molecule is CC(C)C(NC(=O)C(Cc1c[nH]c2ccccc12)NC(=O)C(CCCN=C(N)N)NC(=O)C(N)C(C)O)C(=O)O. The van der Waals surface area contributed by atoms with Crippen molar-refractivity contribution < 1.29 is 29.4 Å². The normalized spacial score (nSPS) is 14.9. The number of aromatic nitrogens is 1. The molecular weight excluding hydrogens is 520 g/mol. The van der Waals surface area contributed by atoms with E-state index >= 15 is 0 Å².